The van der Waals surface area contributed by atoms with Gasteiger partial charge in [0.05, 0.1) is 12.0 Å². The van der Waals surface area contributed by atoms with Gasteiger partial charge in [0.15, 0.2) is 0 Å². The molecule has 0 radical (unpaired) electrons. The van der Waals surface area contributed by atoms with Crippen molar-refractivity contribution in [2.75, 3.05) is 24.9 Å². The van der Waals surface area contributed by atoms with E-state index in [9.17, 15) is 13.2 Å². The van der Waals surface area contributed by atoms with Crippen LogP contribution < -0.4 is 20.1 Å². The second-order valence-corrected chi connectivity index (χ2v) is 8.06. The van der Waals surface area contributed by atoms with Gasteiger partial charge in [-0.3, -0.25) is 9.52 Å². The molecule has 27 heavy (non-hydrogen) atoms. The van der Waals surface area contributed by atoms with Crippen molar-refractivity contribution >= 4 is 21.6 Å². The maximum atomic E-state index is 12.6. The van der Waals surface area contributed by atoms with Gasteiger partial charge in [-0.15, -0.1) is 0 Å². The lowest BCUT2D eigenvalue weighted by molar-refractivity contribution is 0.0930. The van der Waals surface area contributed by atoms with Crippen LogP contribution in [0.4, 0.5) is 5.69 Å². The van der Waals surface area contributed by atoms with Gasteiger partial charge in [-0.25, -0.2) is 8.42 Å². The largest absolute Gasteiger partial charge is 0.497 e. The normalized spacial score (nSPS) is 17.1. The van der Waals surface area contributed by atoms with Crippen molar-refractivity contribution in [1.29, 1.82) is 0 Å². The minimum absolute atomic E-state index is 0.0349. The fourth-order valence-corrected chi connectivity index (χ4v) is 4.03. The third-order valence-corrected chi connectivity index (χ3v) is 5.76. The van der Waals surface area contributed by atoms with Crippen LogP contribution in [0.5, 0.6) is 5.75 Å². The van der Waals surface area contributed by atoms with Crippen LogP contribution >= 0.6 is 0 Å². The molecule has 144 valence electrons. The molecule has 3 N–H and O–H groups in total. The fraction of sp³-hybridized carbons (Fsp3) is 0.316. The van der Waals surface area contributed by atoms with Crippen LogP contribution in [0.2, 0.25) is 0 Å². The van der Waals surface area contributed by atoms with Crippen LogP contribution in [0.25, 0.3) is 0 Å². The molecule has 1 saturated heterocycles. The number of methoxy groups -OCH3 is 1. The first-order valence-corrected chi connectivity index (χ1v) is 10.2. The number of piperidine rings is 1. The number of nitrogens with one attached hydrogen (secondary N) is 3. The Hall–Kier alpha value is -2.58. The minimum Gasteiger partial charge on any atom is -0.497 e. The van der Waals surface area contributed by atoms with Crippen LogP contribution in [0, 0.1) is 0 Å². The molecular formula is C19H23N3O4S. The Morgan fingerprint density at radius 2 is 1.96 bits per heavy atom. The lowest BCUT2D eigenvalue weighted by atomic mass is 10.1. The van der Waals surface area contributed by atoms with Crippen molar-refractivity contribution in [2.45, 2.75) is 23.8 Å². The second-order valence-electron chi connectivity index (χ2n) is 6.38. The topological polar surface area (TPSA) is 96.5 Å². The van der Waals surface area contributed by atoms with E-state index in [1.807, 2.05) is 0 Å². The van der Waals surface area contributed by atoms with E-state index in [0.717, 1.165) is 25.9 Å². The number of rotatable bonds is 6. The predicted molar refractivity (Wildman–Crippen MR) is 104 cm³/mol. The smallest absolute Gasteiger partial charge is 0.261 e. The average Bonchev–Trinajstić information content (AvgIpc) is 2.69. The van der Waals surface area contributed by atoms with E-state index in [1.54, 1.807) is 43.5 Å². The highest BCUT2D eigenvalue weighted by molar-refractivity contribution is 7.92. The van der Waals surface area contributed by atoms with Crippen LogP contribution in [0.1, 0.15) is 23.2 Å². The van der Waals surface area contributed by atoms with Crippen LogP contribution in [0.3, 0.4) is 0 Å². The van der Waals surface area contributed by atoms with E-state index in [-0.39, 0.29) is 16.8 Å². The molecule has 1 aliphatic rings. The lowest BCUT2D eigenvalue weighted by Gasteiger charge is -2.23. The van der Waals surface area contributed by atoms with Crippen LogP contribution in [-0.4, -0.2) is 40.6 Å². The fourth-order valence-electron chi connectivity index (χ4n) is 2.92. The van der Waals surface area contributed by atoms with Gasteiger partial charge in [-0.1, -0.05) is 6.07 Å². The van der Waals surface area contributed by atoms with Crippen LogP contribution in [-0.2, 0) is 10.0 Å². The molecule has 0 saturated carbocycles. The van der Waals surface area contributed by atoms with E-state index >= 15 is 0 Å². The van der Waals surface area contributed by atoms with Gasteiger partial charge >= 0.3 is 0 Å². The lowest BCUT2D eigenvalue weighted by Crippen LogP contribution is -2.45. The maximum absolute atomic E-state index is 12.6. The summed E-state index contributed by atoms with van der Waals surface area (Å²) in [4.78, 5) is 12.5. The zero-order valence-corrected chi connectivity index (χ0v) is 15.9. The van der Waals surface area contributed by atoms with Crippen molar-refractivity contribution in [3.05, 3.63) is 54.1 Å². The van der Waals surface area contributed by atoms with E-state index in [2.05, 4.69) is 15.4 Å². The van der Waals surface area contributed by atoms with Gasteiger partial charge in [-0.05, 0) is 61.9 Å². The van der Waals surface area contributed by atoms with Crippen LogP contribution in [0.15, 0.2) is 53.4 Å². The first-order valence-electron chi connectivity index (χ1n) is 8.76. The molecule has 1 unspecified atom stereocenters. The first-order chi connectivity index (χ1) is 13.0. The molecule has 7 nitrogen and oxygen atoms in total. The Morgan fingerprint density at radius 3 is 2.63 bits per heavy atom. The molecule has 1 amide bonds. The number of carbonyl (C=O) groups excluding carboxylic acids is 1. The monoisotopic (exact) mass is 389 g/mol. The Bertz CT molecular complexity index is 891. The summed E-state index contributed by atoms with van der Waals surface area (Å²) in [6, 6.07) is 12.6. The number of benzene rings is 2. The van der Waals surface area contributed by atoms with E-state index in [1.165, 1.54) is 12.1 Å². The highest BCUT2D eigenvalue weighted by Gasteiger charge is 2.19. The van der Waals surface area contributed by atoms with Gasteiger partial charge in [0.2, 0.25) is 0 Å². The first kappa shape index (κ1) is 19.2. The number of sulfonamides is 1. The summed E-state index contributed by atoms with van der Waals surface area (Å²) < 4.78 is 32.8. The molecule has 0 aliphatic carbocycles. The molecule has 8 heteroatoms. The van der Waals surface area contributed by atoms with Crippen molar-refractivity contribution in [3.63, 3.8) is 0 Å². The molecule has 1 aliphatic heterocycles. The third-order valence-electron chi connectivity index (χ3n) is 4.38. The number of hydrogen-bond acceptors (Lipinski definition) is 5. The summed E-state index contributed by atoms with van der Waals surface area (Å²) in [7, 11) is -2.26. The van der Waals surface area contributed by atoms with E-state index in [0.29, 0.717) is 17.0 Å². The summed E-state index contributed by atoms with van der Waals surface area (Å²) in [6.45, 7) is 1.68. The Morgan fingerprint density at radius 1 is 1.19 bits per heavy atom. The quantitative estimate of drug-likeness (QED) is 0.702. The molecule has 1 heterocycles. The van der Waals surface area contributed by atoms with Gasteiger partial charge in [-0.2, -0.15) is 0 Å². The zero-order chi connectivity index (χ0) is 19.3. The molecule has 0 spiro atoms. The van der Waals surface area contributed by atoms with Gasteiger partial charge < -0.3 is 15.4 Å². The summed E-state index contributed by atoms with van der Waals surface area (Å²) in [5, 5.41) is 6.18. The Kier molecular flexibility index (Phi) is 5.98. The second kappa shape index (κ2) is 8.41. The third kappa shape index (κ3) is 4.99. The van der Waals surface area contributed by atoms with Crippen molar-refractivity contribution in [2.24, 2.45) is 0 Å². The highest BCUT2D eigenvalue weighted by Crippen LogP contribution is 2.20. The number of anilines is 1. The summed E-state index contributed by atoms with van der Waals surface area (Å²) in [6.07, 6.45) is 1.92. The maximum Gasteiger partial charge on any atom is 0.261 e. The molecule has 1 atom stereocenters. The summed E-state index contributed by atoms with van der Waals surface area (Å²) in [5.41, 5.74) is 0.733. The summed E-state index contributed by atoms with van der Waals surface area (Å²) in [5.74, 6) is 0.360. The molecule has 0 bridgehead atoms. The molecule has 0 aromatic heterocycles. The molecule has 1 fully saturated rings. The standard InChI is InChI=1S/C19H23N3O4S/c1-26-17-9-7-15(8-10-17)22-27(24,25)18-6-2-4-14(12-18)19(23)21-16-5-3-11-20-13-16/h2,4,6-10,12,16,20,22H,3,5,11,13H2,1H3,(H,21,23). The molecule has 2 aromatic rings. The molecule has 2 aromatic carbocycles. The molecule has 3 rings (SSSR count). The van der Waals surface area contributed by atoms with Gasteiger partial charge in [0, 0.05) is 23.8 Å². The van der Waals surface area contributed by atoms with Crippen molar-refractivity contribution in [1.82, 2.24) is 10.6 Å². The SMILES string of the molecule is COc1ccc(NS(=O)(=O)c2cccc(C(=O)NC3CCCNC3)c2)cc1. The van der Waals surface area contributed by atoms with Crippen molar-refractivity contribution in [3.8, 4) is 5.75 Å². The molecular weight excluding hydrogens is 366 g/mol. The Balaban J connectivity index is 1.73. The minimum atomic E-state index is -3.81. The number of amides is 1. The predicted octanol–water partition coefficient (Wildman–Crippen LogP) is 1.98. The number of ether oxygens (including phenoxy) is 1. The van der Waals surface area contributed by atoms with E-state index in [4.69, 9.17) is 4.74 Å². The van der Waals surface area contributed by atoms with E-state index < -0.39 is 10.0 Å². The zero-order valence-electron chi connectivity index (χ0n) is 15.1. The highest BCUT2D eigenvalue weighted by atomic mass is 32.2. The van der Waals surface area contributed by atoms with Crippen molar-refractivity contribution < 1.29 is 17.9 Å². The van der Waals surface area contributed by atoms with Gasteiger partial charge in [0.1, 0.15) is 5.75 Å². The summed E-state index contributed by atoms with van der Waals surface area (Å²) >= 11 is 0. The number of hydrogen-bond donors (Lipinski definition) is 3. The number of carbonyl (C=O) groups is 1. The average molecular weight is 389 g/mol. The van der Waals surface area contributed by atoms with Gasteiger partial charge in [0.25, 0.3) is 15.9 Å². The Labute approximate surface area is 159 Å².